The van der Waals surface area contributed by atoms with Gasteiger partial charge in [-0.05, 0) is 55.9 Å². The first-order valence-corrected chi connectivity index (χ1v) is 10.9. The van der Waals surface area contributed by atoms with Crippen LogP contribution < -0.4 is 14.8 Å². The molecule has 2 aromatic rings. The van der Waals surface area contributed by atoms with Crippen molar-refractivity contribution in [3.63, 3.8) is 0 Å². The summed E-state index contributed by atoms with van der Waals surface area (Å²) >= 11 is 0. The number of nitrogens with one attached hydrogen (secondary N) is 1. The van der Waals surface area contributed by atoms with Gasteiger partial charge in [-0.25, -0.2) is 0 Å². The van der Waals surface area contributed by atoms with Gasteiger partial charge in [-0.2, -0.15) is 8.78 Å². The van der Waals surface area contributed by atoms with Crippen molar-refractivity contribution in [2.24, 2.45) is 0 Å². The molecule has 1 saturated heterocycles. The summed E-state index contributed by atoms with van der Waals surface area (Å²) in [6, 6.07) is 13.2. The minimum absolute atomic E-state index is 0.0868. The minimum Gasteiger partial charge on any atom is -0.487 e. The largest absolute Gasteiger partial charge is 0.487 e. The Balaban J connectivity index is 1.42. The highest BCUT2D eigenvalue weighted by Crippen LogP contribution is 2.33. The van der Waals surface area contributed by atoms with Gasteiger partial charge in [0.1, 0.15) is 6.04 Å². The van der Waals surface area contributed by atoms with E-state index in [0.29, 0.717) is 19.5 Å². The second-order valence-corrected chi connectivity index (χ2v) is 8.12. The molecule has 0 spiro atoms. The fourth-order valence-electron chi connectivity index (χ4n) is 4.20. The highest BCUT2D eigenvalue weighted by atomic mass is 19.3. The number of halogens is 2. The molecular weight excluding hydrogens is 418 g/mol. The lowest BCUT2D eigenvalue weighted by atomic mass is 10.1. The van der Waals surface area contributed by atoms with Crippen molar-refractivity contribution in [1.29, 1.82) is 0 Å². The Morgan fingerprint density at radius 1 is 1.06 bits per heavy atom. The first-order valence-electron chi connectivity index (χ1n) is 10.9. The van der Waals surface area contributed by atoms with Gasteiger partial charge in [-0.1, -0.05) is 30.3 Å². The van der Waals surface area contributed by atoms with Gasteiger partial charge in [0.05, 0.1) is 6.10 Å². The smallest absolute Gasteiger partial charge is 0.387 e. The van der Waals surface area contributed by atoms with E-state index in [1.54, 1.807) is 4.90 Å². The van der Waals surface area contributed by atoms with E-state index in [0.717, 1.165) is 31.2 Å². The molecule has 1 saturated carbocycles. The van der Waals surface area contributed by atoms with Crippen molar-refractivity contribution in [2.45, 2.75) is 57.4 Å². The van der Waals surface area contributed by atoms with Gasteiger partial charge in [0, 0.05) is 18.7 Å². The summed E-state index contributed by atoms with van der Waals surface area (Å²) in [5.41, 5.74) is 1.25. The highest BCUT2D eigenvalue weighted by molar-refractivity contribution is 5.98. The van der Waals surface area contributed by atoms with Crippen LogP contribution in [0.4, 0.5) is 8.78 Å². The number of carbonyl (C=O) groups is 2. The molecule has 6 nitrogen and oxygen atoms in total. The van der Waals surface area contributed by atoms with E-state index in [2.05, 4.69) is 10.1 Å². The maximum absolute atomic E-state index is 12.8. The van der Waals surface area contributed by atoms with Crippen molar-refractivity contribution in [1.82, 2.24) is 10.2 Å². The molecular formula is C24H26F2N2O4. The number of carbonyl (C=O) groups excluding carboxylic acids is 2. The van der Waals surface area contributed by atoms with Gasteiger partial charge >= 0.3 is 6.61 Å². The molecule has 4 rings (SSSR count). The molecule has 2 aliphatic rings. The summed E-state index contributed by atoms with van der Waals surface area (Å²) in [7, 11) is 0. The maximum atomic E-state index is 12.8. The van der Waals surface area contributed by atoms with Crippen LogP contribution in [0.2, 0.25) is 0 Å². The van der Waals surface area contributed by atoms with Gasteiger partial charge in [0.2, 0.25) is 5.91 Å². The molecule has 1 heterocycles. The lowest BCUT2D eigenvalue weighted by molar-refractivity contribution is -0.129. The van der Waals surface area contributed by atoms with Gasteiger partial charge in [-0.15, -0.1) is 0 Å². The fraction of sp³-hybridized carbons (Fsp3) is 0.417. The normalized spacial score (nSPS) is 18.9. The van der Waals surface area contributed by atoms with Gasteiger partial charge in [-0.3, -0.25) is 9.59 Å². The van der Waals surface area contributed by atoms with Crippen LogP contribution in [-0.2, 0) is 11.3 Å². The lowest BCUT2D eigenvalue weighted by Gasteiger charge is -2.19. The van der Waals surface area contributed by atoms with Crippen LogP contribution >= 0.6 is 0 Å². The first-order chi connectivity index (χ1) is 15.5. The van der Waals surface area contributed by atoms with E-state index in [9.17, 15) is 18.4 Å². The molecule has 1 aliphatic carbocycles. The summed E-state index contributed by atoms with van der Waals surface area (Å²) in [4.78, 5) is 27.3. The molecule has 0 unspecified atom stereocenters. The second-order valence-electron chi connectivity index (χ2n) is 8.12. The van der Waals surface area contributed by atoms with Crippen molar-refractivity contribution in [3.8, 4) is 11.5 Å². The van der Waals surface area contributed by atoms with Crippen LogP contribution in [0.25, 0.3) is 0 Å². The number of benzene rings is 2. The Hall–Kier alpha value is -3.16. The standard InChI is InChI=1S/C24H26F2N2O4/c25-24(26)32-20-11-10-17(14-21(20)31-18-8-4-5-9-18)22(29)27-19-12-13-28(23(19)30)15-16-6-2-1-3-7-16/h1-3,6-7,10-11,14,18-19,24H,4-5,8-9,12-13,15H2,(H,27,29)/t19-/m0/s1. The molecule has 2 amide bonds. The van der Waals surface area contributed by atoms with Gasteiger partial charge in [0.15, 0.2) is 11.5 Å². The van der Waals surface area contributed by atoms with Crippen LogP contribution in [0.5, 0.6) is 11.5 Å². The Morgan fingerprint density at radius 2 is 1.81 bits per heavy atom. The van der Waals surface area contributed by atoms with Crippen molar-refractivity contribution in [3.05, 3.63) is 59.7 Å². The number of rotatable bonds is 8. The molecule has 0 radical (unpaired) electrons. The molecule has 1 atom stereocenters. The fourth-order valence-corrected chi connectivity index (χ4v) is 4.20. The Labute approximate surface area is 185 Å². The second kappa shape index (κ2) is 9.97. The molecule has 170 valence electrons. The lowest BCUT2D eigenvalue weighted by Crippen LogP contribution is -2.41. The Bertz CT molecular complexity index is 948. The Morgan fingerprint density at radius 3 is 2.53 bits per heavy atom. The van der Waals surface area contributed by atoms with E-state index in [4.69, 9.17) is 4.74 Å². The third kappa shape index (κ3) is 5.36. The van der Waals surface area contributed by atoms with Gasteiger partial charge < -0.3 is 19.7 Å². The number of likely N-dealkylation sites (tertiary alicyclic amines) is 1. The molecule has 8 heteroatoms. The van der Waals surface area contributed by atoms with Crippen LogP contribution in [0.1, 0.15) is 48.0 Å². The van der Waals surface area contributed by atoms with E-state index in [1.165, 1.54) is 18.2 Å². The minimum atomic E-state index is -2.99. The summed E-state index contributed by atoms with van der Waals surface area (Å²) in [6.07, 6.45) is 4.11. The van der Waals surface area contributed by atoms with Crippen LogP contribution in [0, 0.1) is 0 Å². The van der Waals surface area contributed by atoms with Crippen LogP contribution in [0.3, 0.4) is 0 Å². The Kier molecular flexibility index (Phi) is 6.87. The highest BCUT2D eigenvalue weighted by Gasteiger charge is 2.33. The molecule has 32 heavy (non-hydrogen) atoms. The van der Waals surface area contributed by atoms with Crippen molar-refractivity contribution >= 4 is 11.8 Å². The third-order valence-corrected chi connectivity index (χ3v) is 5.84. The summed E-state index contributed by atoms with van der Waals surface area (Å²) in [5.74, 6) is -0.574. The monoisotopic (exact) mass is 444 g/mol. The van der Waals surface area contributed by atoms with Gasteiger partial charge in [0.25, 0.3) is 5.91 Å². The number of hydrogen-bond acceptors (Lipinski definition) is 4. The molecule has 0 bridgehead atoms. The predicted molar refractivity (Wildman–Crippen MR) is 114 cm³/mol. The third-order valence-electron chi connectivity index (χ3n) is 5.84. The van der Waals surface area contributed by atoms with E-state index >= 15 is 0 Å². The van der Waals surface area contributed by atoms with Crippen molar-refractivity contribution < 1.29 is 27.8 Å². The van der Waals surface area contributed by atoms with Crippen LogP contribution in [-0.4, -0.2) is 42.0 Å². The summed E-state index contributed by atoms with van der Waals surface area (Å²) < 4.78 is 36.0. The summed E-state index contributed by atoms with van der Waals surface area (Å²) in [5, 5.41) is 2.77. The molecule has 1 N–H and O–H groups in total. The van der Waals surface area contributed by atoms with E-state index < -0.39 is 18.6 Å². The SMILES string of the molecule is O=C(N[C@H]1CCN(Cc2ccccc2)C1=O)c1ccc(OC(F)F)c(OC2CCCC2)c1. The van der Waals surface area contributed by atoms with Crippen LogP contribution in [0.15, 0.2) is 48.5 Å². The number of alkyl halides is 2. The average molecular weight is 444 g/mol. The molecule has 2 aromatic carbocycles. The molecule has 1 aliphatic heterocycles. The van der Waals surface area contributed by atoms with Crippen molar-refractivity contribution in [2.75, 3.05) is 6.54 Å². The molecule has 2 fully saturated rings. The molecule has 0 aromatic heterocycles. The zero-order valence-corrected chi connectivity index (χ0v) is 17.6. The topological polar surface area (TPSA) is 67.9 Å². The number of ether oxygens (including phenoxy) is 2. The number of nitrogens with zero attached hydrogens (tertiary/aromatic N) is 1. The number of hydrogen-bond donors (Lipinski definition) is 1. The first kappa shape index (κ1) is 22.0. The van der Waals surface area contributed by atoms with E-state index in [-0.39, 0.29) is 29.1 Å². The average Bonchev–Trinajstić information content (AvgIpc) is 3.41. The summed E-state index contributed by atoms with van der Waals surface area (Å²) in [6.45, 7) is -1.95. The maximum Gasteiger partial charge on any atom is 0.387 e. The predicted octanol–water partition coefficient (Wildman–Crippen LogP) is 4.14. The quantitative estimate of drug-likeness (QED) is 0.665. The van der Waals surface area contributed by atoms with E-state index in [1.807, 2.05) is 30.3 Å². The zero-order valence-electron chi connectivity index (χ0n) is 17.6. The number of amides is 2. The zero-order chi connectivity index (χ0) is 22.5.